The summed E-state index contributed by atoms with van der Waals surface area (Å²) in [5, 5.41) is 23.6. The van der Waals surface area contributed by atoms with Gasteiger partial charge in [0.1, 0.15) is 5.69 Å². The third-order valence-corrected chi connectivity index (χ3v) is 4.11. The number of carbonyl (C=O) groups is 2. The molecule has 3 rings (SSSR count). The Kier molecular flexibility index (Phi) is 3.58. The highest BCUT2D eigenvalue weighted by Gasteiger charge is 2.40. The minimum atomic E-state index is -1.72. The summed E-state index contributed by atoms with van der Waals surface area (Å²) in [4.78, 5) is 24.8. The third-order valence-electron chi connectivity index (χ3n) is 4.11. The number of piperidine rings is 1. The summed E-state index contributed by atoms with van der Waals surface area (Å²) >= 11 is 0. The second-order valence-electron chi connectivity index (χ2n) is 5.52. The van der Waals surface area contributed by atoms with Crippen LogP contribution in [0.3, 0.4) is 0 Å². The summed E-state index contributed by atoms with van der Waals surface area (Å²) in [5.41, 5.74) is -0.527. The summed E-state index contributed by atoms with van der Waals surface area (Å²) in [5.74, 6) is -1.38. The zero-order valence-electron chi connectivity index (χ0n) is 11.9. The standard InChI is InChI=1S/C15H16N2O5/c18-13(17-7-5-15(21,6-8-17)14(19)20)9-11-10-3-1-2-4-12(10)22-16-11/h1-4,21H,5-9H2,(H,19,20). The van der Waals surface area contributed by atoms with Gasteiger partial charge in [0.05, 0.1) is 6.42 Å². The maximum atomic E-state index is 12.3. The van der Waals surface area contributed by atoms with E-state index in [0.29, 0.717) is 11.3 Å². The zero-order chi connectivity index (χ0) is 15.7. The number of hydrogen-bond donors (Lipinski definition) is 2. The van der Waals surface area contributed by atoms with Crippen LogP contribution < -0.4 is 0 Å². The fraction of sp³-hybridized carbons (Fsp3) is 0.400. The molecule has 7 nitrogen and oxygen atoms in total. The Bertz CT molecular complexity index is 716. The van der Waals surface area contributed by atoms with Gasteiger partial charge in [-0.2, -0.15) is 0 Å². The number of rotatable bonds is 3. The van der Waals surface area contributed by atoms with Crippen LogP contribution in [-0.4, -0.2) is 50.8 Å². The molecule has 1 aromatic carbocycles. The largest absolute Gasteiger partial charge is 0.479 e. The summed E-state index contributed by atoms with van der Waals surface area (Å²) in [6.45, 7) is 0.439. The lowest BCUT2D eigenvalue weighted by molar-refractivity contribution is -0.165. The van der Waals surface area contributed by atoms with Crippen molar-refractivity contribution in [3.63, 3.8) is 0 Å². The lowest BCUT2D eigenvalue weighted by Crippen LogP contribution is -2.51. The summed E-state index contributed by atoms with van der Waals surface area (Å²) in [6.07, 6.45) is 0.170. The number of carboxylic acids is 1. The molecule has 7 heteroatoms. The topological polar surface area (TPSA) is 104 Å². The van der Waals surface area contributed by atoms with Gasteiger partial charge in [0.25, 0.3) is 0 Å². The Labute approximate surface area is 126 Å². The van der Waals surface area contributed by atoms with Gasteiger partial charge in [-0.25, -0.2) is 4.79 Å². The molecule has 0 radical (unpaired) electrons. The van der Waals surface area contributed by atoms with Crippen LogP contribution in [-0.2, 0) is 16.0 Å². The maximum Gasteiger partial charge on any atom is 0.335 e. The van der Waals surface area contributed by atoms with E-state index in [1.807, 2.05) is 18.2 Å². The van der Waals surface area contributed by atoms with Crippen molar-refractivity contribution in [1.82, 2.24) is 10.1 Å². The molecule has 1 aromatic heterocycles. The number of amides is 1. The van der Waals surface area contributed by atoms with Crippen LogP contribution in [0.25, 0.3) is 11.0 Å². The number of aromatic nitrogens is 1. The number of fused-ring (bicyclic) bond motifs is 1. The average Bonchev–Trinajstić information content (AvgIpc) is 2.91. The van der Waals surface area contributed by atoms with Gasteiger partial charge in [0.2, 0.25) is 5.91 Å². The van der Waals surface area contributed by atoms with E-state index >= 15 is 0 Å². The highest BCUT2D eigenvalue weighted by Crippen LogP contribution is 2.24. The molecule has 0 saturated carbocycles. The van der Waals surface area contributed by atoms with Gasteiger partial charge in [0, 0.05) is 31.3 Å². The van der Waals surface area contributed by atoms with Crippen LogP contribution >= 0.6 is 0 Å². The average molecular weight is 304 g/mol. The number of likely N-dealkylation sites (tertiary alicyclic amines) is 1. The molecule has 2 heterocycles. The second kappa shape index (κ2) is 5.42. The predicted molar refractivity (Wildman–Crippen MR) is 76.1 cm³/mol. The lowest BCUT2D eigenvalue weighted by atomic mass is 9.91. The molecule has 0 aliphatic carbocycles. The van der Waals surface area contributed by atoms with Crippen molar-refractivity contribution < 1.29 is 24.3 Å². The van der Waals surface area contributed by atoms with Gasteiger partial charge >= 0.3 is 5.97 Å². The van der Waals surface area contributed by atoms with Gasteiger partial charge < -0.3 is 19.6 Å². The van der Waals surface area contributed by atoms with Crippen molar-refractivity contribution >= 4 is 22.8 Å². The molecule has 0 atom stereocenters. The summed E-state index contributed by atoms with van der Waals surface area (Å²) in [6, 6.07) is 7.30. The molecular formula is C15H16N2O5. The molecule has 1 aliphatic heterocycles. The number of aliphatic carboxylic acids is 1. The number of hydrogen-bond acceptors (Lipinski definition) is 5. The smallest absolute Gasteiger partial charge is 0.335 e. The van der Waals surface area contributed by atoms with Gasteiger partial charge in [-0.15, -0.1) is 0 Å². The molecule has 116 valence electrons. The SMILES string of the molecule is O=C(Cc1noc2ccccc12)N1CCC(O)(C(=O)O)CC1. The molecule has 0 unspecified atom stereocenters. The van der Waals surface area contributed by atoms with Crippen LogP contribution in [0.15, 0.2) is 28.8 Å². The molecule has 1 fully saturated rings. The van der Waals surface area contributed by atoms with Crippen LogP contribution in [0.5, 0.6) is 0 Å². The van der Waals surface area contributed by atoms with E-state index < -0.39 is 11.6 Å². The summed E-state index contributed by atoms with van der Waals surface area (Å²) in [7, 11) is 0. The number of para-hydroxylation sites is 1. The Balaban J connectivity index is 1.67. The number of nitrogens with zero attached hydrogens (tertiary/aromatic N) is 2. The minimum absolute atomic E-state index is 0.0354. The number of carboxylic acid groups (broad SMARTS) is 1. The van der Waals surface area contributed by atoms with E-state index in [9.17, 15) is 14.7 Å². The molecular weight excluding hydrogens is 288 g/mol. The van der Waals surface area contributed by atoms with Gasteiger partial charge in [-0.05, 0) is 12.1 Å². The van der Waals surface area contributed by atoms with Crippen molar-refractivity contribution in [3.05, 3.63) is 30.0 Å². The zero-order valence-corrected chi connectivity index (χ0v) is 11.9. The van der Waals surface area contributed by atoms with Crippen LogP contribution in [0.4, 0.5) is 0 Å². The van der Waals surface area contributed by atoms with E-state index in [2.05, 4.69) is 5.16 Å². The van der Waals surface area contributed by atoms with E-state index in [1.54, 1.807) is 11.0 Å². The van der Waals surface area contributed by atoms with E-state index in [0.717, 1.165) is 5.39 Å². The van der Waals surface area contributed by atoms with E-state index in [1.165, 1.54) is 0 Å². The predicted octanol–water partition coefficient (Wildman–Crippen LogP) is 0.808. The fourth-order valence-corrected chi connectivity index (χ4v) is 2.66. The minimum Gasteiger partial charge on any atom is -0.479 e. The van der Waals surface area contributed by atoms with Crippen LogP contribution in [0.2, 0.25) is 0 Å². The molecule has 1 saturated heterocycles. The Morgan fingerprint density at radius 3 is 2.64 bits per heavy atom. The Hall–Kier alpha value is -2.41. The lowest BCUT2D eigenvalue weighted by Gasteiger charge is -2.35. The van der Waals surface area contributed by atoms with Gasteiger partial charge in [0.15, 0.2) is 11.2 Å². The quantitative estimate of drug-likeness (QED) is 0.869. The Morgan fingerprint density at radius 1 is 1.27 bits per heavy atom. The number of benzene rings is 1. The monoisotopic (exact) mass is 304 g/mol. The normalized spacial score (nSPS) is 17.6. The first-order valence-electron chi connectivity index (χ1n) is 7.06. The van der Waals surface area contributed by atoms with Crippen LogP contribution in [0.1, 0.15) is 18.5 Å². The summed E-state index contributed by atoms with van der Waals surface area (Å²) < 4.78 is 5.16. The first-order valence-corrected chi connectivity index (χ1v) is 7.06. The van der Waals surface area contributed by atoms with Gasteiger partial charge in [-0.3, -0.25) is 4.79 Å². The molecule has 2 N–H and O–H groups in total. The van der Waals surface area contributed by atoms with Crippen LogP contribution in [0, 0.1) is 0 Å². The van der Waals surface area contributed by atoms with E-state index in [-0.39, 0.29) is 38.3 Å². The number of carbonyl (C=O) groups excluding carboxylic acids is 1. The highest BCUT2D eigenvalue weighted by atomic mass is 16.5. The fourth-order valence-electron chi connectivity index (χ4n) is 2.66. The number of aliphatic hydroxyl groups is 1. The van der Waals surface area contributed by atoms with E-state index in [4.69, 9.17) is 9.63 Å². The molecule has 22 heavy (non-hydrogen) atoms. The Morgan fingerprint density at radius 2 is 1.95 bits per heavy atom. The van der Waals surface area contributed by atoms with Crippen molar-refractivity contribution in [2.45, 2.75) is 24.9 Å². The molecule has 2 aromatic rings. The molecule has 0 bridgehead atoms. The highest BCUT2D eigenvalue weighted by molar-refractivity contribution is 5.86. The first kappa shape index (κ1) is 14.5. The van der Waals surface area contributed by atoms with Gasteiger partial charge in [-0.1, -0.05) is 17.3 Å². The second-order valence-corrected chi connectivity index (χ2v) is 5.52. The van der Waals surface area contributed by atoms with Crippen molar-refractivity contribution in [1.29, 1.82) is 0 Å². The van der Waals surface area contributed by atoms with Crippen molar-refractivity contribution in [3.8, 4) is 0 Å². The first-order chi connectivity index (χ1) is 10.5. The molecule has 1 amide bonds. The molecule has 1 aliphatic rings. The maximum absolute atomic E-state index is 12.3. The molecule has 0 spiro atoms. The van der Waals surface area contributed by atoms with Crippen molar-refractivity contribution in [2.24, 2.45) is 0 Å². The van der Waals surface area contributed by atoms with Crippen molar-refractivity contribution in [2.75, 3.05) is 13.1 Å². The third kappa shape index (κ3) is 2.55.